The van der Waals surface area contributed by atoms with Crippen molar-refractivity contribution in [2.45, 2.75) is 196 Å². The third-order valence-corrected chi connectivity index (χ3v) is 17.0. The molecule has 5 heterocycles. The molecular formula is C86H105N5O2. The summed E-state index contributed by atoms with van der Waals surface area (Å²) >= 11 is 0. The fraction of sp³-hybridized carbons (Fsp3) is 0.360. The molecule has 7 aromatic carbocycles. The molecule has 2 N–H and O–H groups in total. The van der Waals surface area contributed by atoms with Gasteiger partial charge in [-0.05, 0) is 155 Å². The van der Waals surface area contributed by atoms with Crippen molar-refractivity contribution >= 4 is 55.8 Å². The molecule has 7 heteroatoms. The maximum atomic E-state index is 5.31. The molecule has 4 aromatic heterocycles. The van der Waals surface area contributed by atoms with E-state index in [2.05, 4.69) is 334 Å². The van der Waals surface area contributed by atoms with Crippen molar-refractivity contribution in [2.24, 2.45) is 0 Å². The molecule has 11 aromatic rings. The van der Waals surface area contributed by atoms with E-state index in [9.17, 15) is 0 Å². The molecule has 14 rings (SSSR count). The molecule has 7 nitrogen and oxygen atoms in total. The van der Waals surface area contributed by atoms with Crippen molar-refractivity contribution in [2.75, 3.05) is 6.79 Å². The lowest BCUT2D eigenvalue weighted by Crippen LogP contribution is -2.13. The summed E-state index contributed by atoms with van der Waals surface area (Å²) in [6.07, 6.45) is 16.9. The number of para-hydroxylation sites is 2. The van der Waals surface area contributed by atoms with Crippen LogP contribution in [0.4, 0.5) is 0 Å². The Morgan fingerprint density at radius 3 is 1.62 bits per heavy atom. The van der Waals surface area contributed by atoms with E-state index in [1.807, 2.05) is 42.9 Å². The third kappa shape index (κ3) is 19.1. The van der Waals surface area contributed by atoms with E-state index in [0.717, 1.165) is 46.6 Å². The highest BCUT2D eigenvalue weighted by Crippen LogP contribution is 2.37. The van der Waals surface area contributed by atoms with Crippen LogP contribution in [0.2, 0.25) is 0 Å². The summed E-state index contributed by atoms with van der Waals surface area (Å²) in [6.45, 7) is 47.0. The van der Waals surface area contributed by atoms with Gasteiger partial charge in [0.15, 0.2) is 11.5 Å². The van der Waals surface area contributed by atoms with Crippen LogP contribution in [0, 0.1) is 0 Å². The van der Waals surface area contributed by atoms with Crippen LogP contribution in [0.3, 0.4) is 0 Å². The molecule has 0 fully saturated rings. The molecule has 0 unspecified atom stereocenters. The van der Waals surface area contributed by atoms with Gasteiger partial charge in [-0.1, -0.05) is 285 Å². The molecule has 2 aliphatic carbocycles. The van der Waals surface area contributed by atoms with Crippen molar-refractivity contribution in [1.82, 2.24) is 25.1 Å². The number of aromatic nitrogens is 5. The van der Waals surface area contributed by atoms with E-state index in [0.29, 0.717) is 6.79 Å². The normalized spacial score (nSPS) is 13.2. The average molecular weight is 1240 g/mol. The number of rotatable bonds is 0. The summed E-state index contributed by atoms with van der Waals surface area (Å²) < 4.78 is 10.6. The first-order valence-corrected chi connectivity index (χ1v) is 33.2. The zero-order chi connectivity index (χ0) is 67.7. The number of pyridine rings is 2. The lowest BCUT2D eigenvalue weighted by atomic mass is 9.83. The maximum absolute atomic E-state index is 5.31. The Balaban J connectivity index is 0.000000139. The smallest absolute Gasteiger partial charge is 0.231 e. The lowest BCUT2D eigenvalue weighted by Gasteiger charge is -2.22. The zero-order valence-corrected chi connectivity index (χ0v) is 59.9. The minimum absolute atomic E-state index is 0.129. The average Bonchev–Trinajstić information content (AvgIpc) is 1.86. The molecular weight excluding hydrogens is 1130 g/mol. The maximum Gasteiger partial charge on any atom is 0.231 e. The summed E-state index contributed by atoms with van der Waals surface area (Å²) in [5.74, 6) is 1.72. The van der Waals surface area contributed by atoms with Gasteiger partial charge in [-0.3, -0.25) is 15.1 Å². The molecule has 0 atom stereocenters. The van der Waals surface area contributed by atoms with Crippen LogP contribution in [-0.4, -0.2) is 31.9 Å². The van der Waals surface area contributed by atoms with Crippen molar-refractivity contribution in [1.29, 1.82) is 0 Å². The van der Waals surface area contributed by atoms with Gasteiger partial charge in [-0.15, -0.1) is 0 Å². The predicted octanol–water partition coefficient (Wildman–Crippen LogP) is 23.2. The van der Waals surface area contributed by atoms with E-state index >= 15 is 0 Å². The Kier molecular flexibility index (Phi) is 21.7. The first kappa shape index (κ1) is 70.3. The van der Waals surface area contributed by atoms with Gasteiger partial charge in [0.05, 0.1) is 22.7 Å². The summed E-state index contributed by atoms with van der Waals surface area (Å²) in [6, 6.07) is 57.7. The SMILES string of the molecule is CC(C)(C)c1ccc2c(c1)C=CC2.CC(C)(C)c1ccc2c(c1)OCO2.CC(C)(C)c1ccc2cc[nH]c2c1.CC(C)(C)c1ccc2ccccc2n1.CC(C)(C)c1ccc2cn[nH]c2c1.CC(C)(C)c1cccc2c1C=CC2.CC(C)(C)c1cccc2cccnc12. The van der Waals surface area contributed by atoms with Crippen LogP contribution >= 0.6 is 0 Å². The van der Waals surface area contributed by atoms with Gasteiger partial charge in [0.2, 0.25) is 6.79 Å². The van der Waals surface area contributed by atoms with Gasteiger partial charge in [0.1, 0.15) is 0 Å². The molecule has 0 spiro atoms. The monoisotopic (exact) mass is 1240 g/mol. The van der Waals surface area contributed by atoms with Crippen LogP contribution < -0.4 is 9.47 Å². The fourth-order valence-corrected chi connectivity index (χ4v) is 11.1. The van der Waals surface area contributed by atoms with E-state index in [1.165, 1.54) is 82.7 Å². The summed E-state index contributed by atoms with van der Waals surface area (Å²) in [5.41, 5.74) is 21.2. The second kappa shape index (κ2) is 28.8. The second-order valence-electron chi connectivity index (χ2n) is 32.0. The van der Waals surface area contributed by atoms with Gasteiger partial charge < -0.3 is 14.5 Å². The van der Waals surface area contributed by atoms with Gasteiger partial charge in [-0.25, -0.2) is 0 Å². The number of benzene rings is 7. The van der Waals surface area contributed by atoms with Crippen molar-refractivity contribution in [3.8, 4) is 11.5 Å². The zero-order valence-electron chi connectivity index (χ0n) is 59.9. The number of allylic oxidation sites excluding steroid dienone is 2. The standard InChI is InChI=1S/2C13H15N.2C13H16.C12H15N.C11H14N2.C11H14O2/c1-13(2,3)11-8-4-6-10-7-5-9-14-12(10)11;1-13(2,3)12-9-8-10-6-4-5-7-11(10)14-12;1-13(2,3)12-9-5-7-10-6-4-8-11(10)12;1-13(2,3)12-8-7-10-5-4-6-11(10)9-12;1-12(2,3)10-5-4-9-6-7-13-11(9)8-10;1-11(2,3)9-5-4-8-7-12-13-10(8)6-9;1-11(2,3)8-4-5-9-10(6-8)13-7-12-9/h2*4-9H,1-3H3;4-5,7-9H,6H2,1-3H3;4,6-9H,5H2,1-3H3;4-8,13H,1-3H3;4-7H,1-3H3,(H,12,13);4-6H,7H2,1-3H3. The topological polar surface area (TPSA) is 88.7 Å². The first-order chi connectivity index (χ1) is 43.5. The van der Waals surface area contributed by atoms with Gasteiger partial charge in [-0.2, -0.15) is 5.10 Å². The Bertz CT molecular complexity index is 4250. The highest BCUT2D eigenvalue weighted by molar-refractivity contribution is 5.83. The molecule has 93 heavy (non-hydrogen) atoms. The van der Waals surface area contributed by atoms with Gasteiger partial charge >= 0.3 is 0 Å². The second-order valence-corrected chi connectivity index (χ2v) is 32.0. The van der Waals surface area contributed by atoms with Crippen molar-refractivity contribution in [3.05, 3.63) is 256 Å². The molecule has 0 radical (unpaired) electrons. The molecule has 0 amide bonds. The van der Waals surface area contributed by atoms with Crippen LogP contribution in [0.1, 0.15) is 207 Å². The van der Waals surface area contributed by atoms with Gasteiger partial charge in [0.25, 0.3) is 0 Å². The van der Waals surface area contributed by atoms with E-state index < -0.39 is 0 Å². The minimum atomic E-state index is 0.129. The number of H-pyrrole nitrogens is 2. The van der Waals surface area contributed by atoms with Crippen LogP contribution in [-0.2, 0) is 50.7 Å². The summed E-state index contributed by atoms with van der Waals surface area (Å²) in [4.78, 5) is 12.3. The van der Waals surface area contributed by atoms with E-state index in [-0.39, 0.29) is 37.9 Å². The lowest BCUT2D eigenvalue weighted by molar-refractivity contribution is 0.174. The number of aromatic amines is 2. The summed E-state index contributed by atoms with van der Waals surface area (Å²) in [5, 5.41) is 11.9. The van der Waals surface area contributed by atoms with Crippen LogP contribution in [0.15, 0.2) is 195 Å². The van der Waals surface area contributed by atoms with Gasteiger partial charge in [0, 0.05) is 45.2 Å². The van der Waals surface area contributed by atoms with Crippen molar-refractivity contribution in [3.63, 3.8) is 0 Å². The number of nitrogens with zero attached hydrogens (tertiary/aromatic N) is 3. The highest BCUT2D eigenvalue weighted by Gasteiger charge is 2.23. The quantitative estimate of drug-likeness (QED) is 0.158. The van der Waals surface area contributed by atoms with Crippen LogP contribution in [0.25, 0.3) is 55.8 Å². The first-order valence-electron chi connectivity index (χ1n) is 33.2. The number of hydrogen-bond acceptors (Lipinski definition) is 5. The Morgan fingerprint density at radius 2 is 0.946 bits per heavy atom. The number of hydrogen-bond donors (Lipinski definition) is 2. The van der Waals surface area contributed by atoms with Crippen LogP contribution in [0.5, 0.6) is 11.5 Å². The fourth-order valence-electron chi connectivity index (χ4n) is 11.1. The van der Waals surface area contributed by atoms with E-state index in [4.69, 9.17) is 9.47 Å². The van der Waals surface area contributed by atoms with Crippen molar-refractivity contribution < 1.29 is 9.47 Å². The van der Waals surface area contributed by atoms with E-state index in [1.54, 1.807) is 0 Å². The predicted molar refractivity (Wildman–Crippen MR) is 400 cm³/mol. The highest BCUT2D eigenvalue weighted by atomic mass is 16.7. The molecule has 486 valence electrons. The molecule has 1 aliphatic heterocycles. The number of ether oxygens (including phenoxy) is 2. The molecule has 0 saturated carbocycles. The largest absolute Gasteiger partial charge is 0.454 e. The molecule has 0 saturated heterocycles. The Hall–Kier alpha value is -8.55. The third-order valence-electron chi connectivity index (χ3n) is 17.0. The Morgan fingerprint density at radius 1 is 0.398 bits per heavy atom. The summed E-state index contributed by atoms with van der Waals surface area (Å²) in [7, 11) is 0. The molecule has 0 bridgehead atoms. The Labute approximate surface area is 557 Å². The number of fused-ring (bicyclic) bond motifs is 7. The minimum Gasteiger partial charge on any atom is -0.454 e. The number of nitrogens with one attached hydrogen (secondary N) is 2. The molecule has 3 aliphatic rings.